The first-order valence-corrected chi connectivity index (χ1v) is 12.1. The summed E-state index contributed by atoms with van der Waals surface area (Å²) in [7, 11) is 0. The molecule has 7 heteroatoms. The Labute approximate surface area is 189 Å². The van der Waals surface area contributed by atoms with E-state index in [1.165, 1.54) is 19.3 Å². The van der Waals surface area contributed by atoms with Gasteiger partial charge >= 0.3 is 0 Å². The van der Waals surface area contributed by atoms with Gasteiger partial charge in [0.05, 0.1) is 12.1 Å². The predicted molar refractivity (Wildman–Crippen MR) is 123 cm³/mol. The van der Waals surface area contributed by atoms with Gasteiger partial charge < -0.3 is 16.0 Å². The number of carbonyl (C=O) groups excluding carboxylic acids is 2. The summed E-state index contributed by atoms with van der Waals surface area (Å²) in [6.45, 7) is 6.76. The lowest BCUT2D eigenvalue weighted by atomic mass is 9.45. The molecule has 2 bridgehead atoms. The third-order valence-electron chi connectivity index (χ3n) is 8.60. The average Bonchev–Trinajstić information content (AvgIpc) is 3.43. The highest BCUT2D eigenvalue weighted by Gasteiger charge is 2.53. The summed E-state index contributed by atoms with van der Waals surface area (Å²) in [5.74, 6) is 2.12. The summed E-state index contributed by atoms with van der Waals surface area (Å²) in [5, 5.41) is 3.19. The number of rotatable bonds is 6. The van der Waals surface area contributed by atoms with E-state index in [9.17, 15) is 9.59 Å². The van der Waals surface area contributed by atoms with E-state index in [0.29, 0.717) is 40.8 Å². The molecule has 4 fully saturated rings. The van der Waals surface area contributed by atoms with E-state index >= 15 is 0 Å². The number of nitrogens with one attached hydrogen (secondary N) is 1. The number of imidazole rings is 1. The first-order chi connectivity index (χ1) is 15.4. The third-order valence-corrected chi connectivity index (χ3v) is 8.60. The quantitative estimate of drug-likeness (QED) is 0.727. The monoisotopic (exact) mass is 437 g/mol. The van der Waals surface area contributed by atoms with Crippen LogP contribution in [0.1, 0.15) is 62.1 Å². The lowest BCUT2D eigenvalue weighted by Crippen LogP contribution is -2.54. The van der Waals surface area contributed by atoms with Crippen molar-refractivity contribution in [3.63, 3.8) is 0 Å². The Morgan fingerprint density at radius 3 is 2.84 bits per heavy atom. The first kappa shape index (κ1) is 21.4. The zero-order valence-corrected chi connectivity index (χ0v) is 19.2. The number of hydrogen-bond acceptors (Lipinski definition) is 4. The predicted octanol–water partition coefficient (Wildman–Crippen LogP) is 2.63. The SMILES string of the molecule is CC1(C)[C@@H]2CC[C@@H](CNC(=O)c3cccc4nc(CC(=O)N5CCCC5CN)cn34)[C@H]1C2. The highest BCUT2D eigenvalue weighted by molar-refractivity contribution is 5.93. The van der Waals surface area contributed by atoms with E-state index in [0.717, 1.165) is 31.8 Å². The second-order valence-corrected chi connectivity index (χ2v) is 10.6. The third kappa shape index (κ3) is 3.60. The lowest BCUT2D eigenvalue weighted by molar-refractivity contribution is -0.131. The fraction of sp³-hybridized carbons (Fsp3) is 0.640. The number of fused-ring (bicyclic) bond motifs is 3. The molecule has 6 rings (SSSR count). The lowest BCUT2D eigenvalue weighted by Gasteiger charge is -2.60. The first-order valence-electron chi connectivity index (χ1n) is 12.1. The fourth-order valence-electron chi connectivity index (χ4n) is 6.52. The van der Waals surface area contributed by atoms with Gasteiger partial charge in [-0.2, -0.15) is 0 Å². The molecule has 1 saturated heterocycles. The number of nitrogens with two attached hydrogens (primary N) is 1. The Morgan fingerprint density at radius 1 is 1.25 bits per heavy atom. The van der Waals surface area contributed by atoms with Gasteiger partial charge in [0.1, 0.15) is 11.3 Å². The largest absolute Gasteiger partial charge is 0.350 e. The standard InChI is InChI=1S/C25H35N5O2/c1-25(2)17-9-8-16(20(25)11-17)14-27-24(32)21-6-3-7-22-28-18(15-30(21)22)12-23(31)29-10-4-5-19(29)13-26/h3,6-7,15-17,19-20H,4-5,8-14,26H2,1-2H3,(H,27,32)/t16-,17+,19?,20+/m0/s1. The van der Waals surface area contributed by atoms with Gasteiger partial charge in [-0.1, -0.05) is 19.9 Å². The molecular weight excluding hydrogens is 402 g/mol. The van der Waals surface area contributed by atoms with E-state index in [1.807, 2.05) is 33.7 Å². The van der Waals surface area contributed by atoms with Crippen LogP contribution in [0.5, 0.6) is 0 Å². The molecule has 3 saturated carbocycles. The topological polar surface area (TPSA) is 92.7 Å². The summed E-state index contributed by atoms with van der Waals surface area (Å²) in [5.41, 5.74) is 8.18. The number of nitrogens with zero attached hydrogens (tertiary/aromatic N) is 3. The summed E-state index contributed by atoms with van der Waals surface area (Å²) < 4.78 is 1.81. The van der Waals surface area contributed by atoms with Gasteiger partial charge in [-0.25, -0.2) is 4.98 Å². The molecule has 3 heterocycles. The van der Waals surface area contributed by atoms with Crippen LogP contribution in [0.4, 0.5) is 0 Å². The minimum Gasteiger partial charge on any atom is -0.350 e. The second-order valence-electron chi connectivity index (χ2n) is 10.6. The number of carbonyl (C=O) groups is 2. The van der Waals surface area contributed by atoms with Crippen molar-refractivity contribution in [3.8, 4) is 0 Å². The molecule has 1 aliphatic heterocycles. The van der Waals surface area contributed by atoms with E-state index in [4.69, 9.17) is 5.73 Å². The van der Waals surface area contributed by atoms with Crippen molar-refractivity contribution in [2.45, 2.75) is 58.4 Å². The van der Waals surface area contributed by atoms with E-state index < -0.39 is 0 Å². The van der Waals surface area contributed by atoms with Gasteiger partial charge in [0.2, 0.25) is 5.91 Å². The van der Waals surface area contributed by atoms with Crippen molar-refractivity contribution >= 4 is 17.5 Å². The fourth-order valence-corrected chi connectivity index (χ4v) is 6.52. The minimum atomic E-state index is -0.0760. The van der Waals surface area contributed by atoms with Crippen LogP contribution in [0.3, 0.4) is 0 Å². The average molecular weight is 438 g/mol. The number of amides is 2. The number of aromatic nitrogens is 2. The second kappa shape index (κ2) is 8.18. The summed E-state index contributed by atoms with van der Waals surface area (Å²) in [4.78, 5) is 32.3. The van der Waals surface area contributed by atoms with Gasteiger partial charge in [-0.3, -0.25) is 14.0 Å². The number of pyridine rings is 1. The van der Waals surface area contributed by atoms with Crippen LogP contribution in [0.2, 0.25) is 0 Å². The van der Waals surface area contributed by atoms with Crippen LogP contribution >= 0.6 is 0 Å². The van der Waals surface area contributed by atoms with E-state index in [-0.39, 0.29) is 24.3 Å². The molecule has 172 valence electrons. The Morgan fingerprint density at radius 2 is 2.09 bits per heavy atom. The van der Waals surface area contributed by atoms with E-state index in [1.54, 1.807) is 0 Å². The molecule has 0 radical (unpaired) electrons. The summed E-state index contributed by atoms with van der Waals surface area (Å²) >= 11 is 0. The van der Waals surface area contributed by atoms with Crippen molar-refractivity contribution in [2.75, 3.05) is 19.6 Å². The molecule has 2 amide bonds. The van der Waals surface area contributed by atoms with Gasteiger partial charge in [0.15, 0.2) is 0 Å². The molecule has 3 N–H and O–H groups in total. The molecule has 4 aliphatic rings. The van der Waals surface area contributed by atoms with Crippen LogP contribution in [0.15, 0.2) is 24.4 Å². The highest BCUT2D eigenvalue weighted by atomic mass is 16.2. The normalized spacial score (nSPS) is 28.5. The number of hydrogen-bond donors (Lipinski definition) is 2. The molecule has 2 aromatic heterocycles. The maximum absolute atomic E-state index is 13.1. The molecule has 7 nitrogen and oxygen atoms in total. The Bertz CT molecular complexity index is 1030. The summed E-state index contributed by atoms with van der Waals surface area (Å²) in [6, 6.07) is 5.69. The zero-order valence-electron chi connectivity index (χ0n) is 19.2. The Balaban J connectivity index is 1.27. The Hall–Kier alpha value is -2.41. The van der Waals surface area contributed by atoms with Crippen LogP contribution in [-0.2, 0) is 11.2 Å². The van der Waals surface area contributed by atoms with Gasteiger partial charge in [0.25, 0.3) is 5.91 Å². The minimum absolute atomic E-state index is 0.0612. The highest BCUT2D eigenvalue weighted by Crippen LogP contribution is 2.61. The van der Waals surface area contributed by atoms with Gasteiger partial charge in [-0.15, -0.1) is 0 Å². The number of likely N-dealkylation sites (tertiary alicyclic amines) is 1. The van der Waals surface area contributed by atoms with Crippen LogP contribution in [0.25, 0.3) is 5.65 Å². The Kier molecular flexibility index (Phi) is 5.48. The van der Waals surface area contributed by atoms with Gasteiger partial charge in [-0.05, 0) is 67.4 Å². The van der Waals surface area contributed by atoms with Crippen molar-refractivity contribution in [2.24, 2.45) is 28.9 Å². The molecule has 4 atom stereocenters. The smallest absolute Gasteiger partial charge is 0.268 e. The van der Waals surface area contributed by atoms with Gasteiger partial charge in [0, 0.05) is 31.9 Å². The molecular formula is C25H35N5O2. The molecule has 32 heavy (non-hydrogen) atoms. The van der Waals surface area contributed by atoms with Crippen LogP contribution < -0.4 is 11.1 Å². The van der Waals surface area contributed by atoms with Crippen LogP contribution in [0, 0.1) is 23.2 Å². The summed E-state index contributed by atoms with van der Waals surface area (Å²) in [6.07, 6.45) is 7.83. The van der Waals surface area contributed by atoms with E-state index in [2.05, 4.69) is 24.1 Å². The van der Waals surface area contributed by atoms with Crippen molar-refractivity contribution < 1.29 is 9.59 Å². The molecule has 0 aromatic carbocycles. The van der Waals surface area contributed by atoms with Crippen molar-refractivity contribution in [1.82, 2.24) is 19.6 Å². The molecule has 2 aromatic rings. The molecule has 3 aliphatic carbocycles. The molecule has 1 unspecified atom stereocenters. The maximum Gasteiger partial charge on any atom is 0.268 e. The van der Waals surface area contributed by atoms with Crippen LogP contribution in [-0.4, -0.2) is 51.8 Å². The van der Waals surface area contributed by atoms with Crippen molar-refractivity contribution in [1.29, 1.82) is 0 Å². The zero-order chi connectivity index (χ0) is 22.5. The molecule has 0 spiro atoms. The van der Waals surface area contributed by atoms with Crippen molar-refractivity contribution in [3.05, 3.63) is 35.8 Å². The maximum atomic E-state index is 13.1.